The topological polar surface area (TPSA) is 67.7 Å². The number of hydrogen-bond acceptors (Lipinski definition) is 4. The molecule has 0 saturated carbocycles. The summed E-state index contributed by atoms with van der Waals surface area (Å²) in [6.45, 7) is 3.59. The fourth-order valence-corrected chi connectivity index (χ4v) is 4.19. The summed E-state index contributed by atoms with van der Waals surface area (Å²) in [6.07, 6.45) is 4.61. The molecule has 4 heterocycles. The zero-order valence-electron chi connectivity index (χ0n) is 14.0. The van der Waals surface area contributed by atoms with E-state index in [0.717, 1.165) is 17.5 Å². The van der Waals surface area contributed by atoms with Gasteiger partial charge in [-0.3, -0.25) is 0 Å². The third-order valence-electron chi connectivity index (χ3n) is 4.60. The second kappa shape index (κ2) is 6.50. The Morgan fingerprint density at radius 3 is 3.24 bits per heavy atom. The average Bonchev–Trinajstić information content (AvgIpc) is 3.26. The number of rotatable bonds is 4. The summed E-state index contributed by atoms with van der Waals surface area (Å²) in [7, 11) is 0. The summed E-state index contributed by atoms with van der Waals surface area (Å²) >= 11 is 1.75. The van der Waals surface area contributed by atoms with Crippen LogP contribution in [0.4, 0.5) is 4.79 Å². The van der Waals surface area contributed by atoms with Gasteiger partial charge >= 0.3 is 6.03 Å². The molecule has 0 saturated heterocycles. The molecule has 1 atom stereocenters. The first kappa shape index (κ1) is 16.1. The van der Waals surface area contributed by atoms with Gasteiger partial charge in [0.05, 0.1) is 24.9 Å². The Hall–Kier alpha value is -2.38. The Bertz CT molecular complexity index is 903. The summed E-state index contributed by atoms with van der Waals surface area (Å²) < 4.78 is 7.76. The van der Waals surface area contributed by atoms with Crippen molar-refractivity contribution in [2.24, 2.45) is 0 Å². The molecule has 0 bridgehead atoms. The van der Waals surface area contributed by atoms with Crippen molar-refractivity contribution in [2.75, 3.05) is 13.2 Å². The molecule has 2 N–H and O–H groups in total. The predicted molar refractivity (Wildman–Crippen MR) is 96.8 cm³/mol. The highest BCUT2D eigenvalue weighted by atomic mass is 32.1. The lowest BCUT2D eigenvalue weighted by molar-refractivity contribution is -0.0418. The zero-order chi connectivity index (χ0) is 17.3. The molecule has 1 unspecified atom stereocenters. The molecule has 3 aromatic heterocycles. The van der Waals surface area contributed by atoms with Crippen LogP contribution in [0.2, 0.25) is 0 Å². The molecule has 3 aromatic rings. The molecule has 6 nitrogen and oxygen atoms in total. The third-order valence-corrected chi connectivity index (χ3v) is 5.58. The van der Waals surface area contributed by atoms with Gasteiger partial charge in [0.2, 0.25) is 0 Å². The van der Waals surface area contributed by atoms with E-state index in [1.54, 1.807) is 22.0 Å². The minimum Gasteiger partial charge on any atom is -0.368 e. The number of nitrogens with zero attached hydrogens (tertiary/aromatic N) is 2. The molecular weight excluding hydrogens is 336 g/mol. The number of nitrogens with one attached hydrogen (secondary N) is 2. The van der Waals surface area contributed by atoms with Crippen LogP contribution in [0.5, 0.6) is 0 Å². The van der Waals surface area contributed by atoms with Crippen molar-refractivity contribution in [2.45, 2.75) is 25.5 Å². The van der Waals surface area contributed by atoms with E-state index in [1.165, 1.54) is 10.4 Å². The smallest absolute Gasteiger partial charge is 0.315 e. The van der Waals surface area contributed by atoms with Crippen molar-refractivity contribution < 1.29 is 9.53 Å². The van der Waals surface area contributed by atoms with Crippen molar-refractivity contribution in [3.63, 3.8) is 0 Å². The van der Waals surface area contributed by atoms with E-state index in [0.29, 0.717) is 19.7 Å². The van der Waals surface area contributed by atoms with Gasteiger partial charge in [-0.05, 0) is 36.1 Å². The Balaban J connectivity index is 1.36. The van der Waals surface area contributed by atoms with Crippen LogP contribution < -0.4 is 10.6 Å². The highest BCUT2D eigenvalue weighted by Gasteiger charge is 2.34. The number of amides is 2. The third kappa shape index (κ3) is 3.12. The van der Waals surface area contributed by atoms with Crippen molar-refractivity contribution in [3.05, 3.63) is 58.0 Å². The summed E-state index contributed by atoms with van der Waals surface area (Å²) in [5.41, 5.74) is 2.70. The lowest BCUT2D eigenvalue weighted by atomic mass is 9.93. The highest BCUT2D eigenvalue weighted by Crippen LogP contribution is 2.35. The maximum atomic E-state index is 12.2. The first-order chi connectivity index (χ1) is 12.2. The fourth-order valence-electron chi connectivity index (χ4n) is 3.21. The molecule has 2 amide bonds. The van der Waals surface area contributed by atoms with Crippen LogP contribution in [-0.2, 0) is 23.3 Å². The van der Waals surface area contributed by atoms with Crippen LogP contribution >= 0.6 is 11.3 Å². The van der Waals surface area contributed by atoms with Crippen LogP contribution in [0.15, 0.2) is 42.0 Å². The van der Waals surface area contributed by atoms with Gasteiger partial charge in [-0.1, -0.05) is 6.07 Å². The number of hydrogen-bond donors (Lipinski definition) is 2. The Kier molecular flexibility index (Phi) is 4.19. The standard InChI is InChI=1S/C18H20N4O2S/c1-18(14-6-9-25-16(14)5-8-24-18)12-20-17(23)19-10-13-11-21-22-7-3-2-4-15(13)22/h2-4,6-7,9,11H,5,8,10,12H2,1H3,(H2,19,20,23). The minimum absolute atomic E-state index is 0.206. The van der Waals surface area contributed by atoms with Crippen molar-refractivity contribution >= 4 is 22.9 Å². The number of carbonyl (C=O) groups excluding carboxylic acids is 1. The molecule has 7 heteroatoms. The van der Waals surface area contributed by atoms with Gasteiger partial charge in [0.15, 0.2) is 0 Å². The molecule has 0 radical (unpaired) electrons. The van der Waals surface area contributed by atoms with Gasteiger partial charge in [-0.25, -0.2) is 9.31 Å². The number of carbonyl (C=O) groups is 1. The molecule has 25 heavy (non-hydrogen) atoms. The van der Waals surface area contributed by atoms with E-state index in [-0.39, 0.29) is 6.03 Å². The van der Waals surface area contributed by atoms with Gasteiger partial charge < -0.3 is 15.4 Å². The first-order valence-electron chi connectivity index (χ1n) is 8.29. The number of fused-ring (bicyclic) bond motifs is 2. The lowest BCUT2D eigenvalue weighted by Gasteiger charge is -2.34. The fraction of sp³-hybridized carbons (Fsp3) is 0.333. The summed E-state index contributed by atoms with van der Waals surface area (Å²) in [5, 5.41) is 12.2. The molecule has 0 spiro atoms. The van der Waals surface area contributed by atoms with Gasteiger partial charge in [0.25, 0.3) is 0 Å². The zero-order valence-corrected chi connectivity index (χ0v) is 14.8. The van der Waals surface area contributed by atoms with Crippen molar-refractivity contribution in [3.8, 4) is 0 Å². The minimum atomic E-state index is -0.463. The quantitative estimate of drug-likeness (QED) is 0.755. The van der Waals surface area contributed by atoms with Crippen LogP contribution in [0.1, 0.15) is 22.9 Å². The molecule has 130 valence electrons. The number of pyridine rings is 1. The normalized spacial score (nSPS) is 19.6. The number of aromatic nitrogens is 2. The highest BCUT2D eigenvalue weighted by molar-refractivity contribution is 7.10. The molecule has 0 aromatic carbocycles. The van der Waals surface area contributed by atoms with Crippen LogP contribution in [0.25, 0.3) is 5.52 Å². The van der Waals surface area contributed by atoms with Gasteiger partial charge in [0, 0.05) is 29.6 Å². The first-order valence-corrected chi connectivity index (χ1v) is 9.17. The second-order valence-electron chi connectivity index (χ2n) is 6.32. The van der Waals surface area contributed by atoms with Crippen molar-refractivity contribution in [1.29, 1.82) is 0 Å². The van der Waals surface area contributed by atoms with Crippen LogP contribution in [-0.4, -0.2) is 28.8 Å². The summed E-state index contributed by atoms with van der Waals surface area (Å²) in [4.78, 5) is 13.6. The van der Waals surface area contributed by atoms with Gasteiger partial charge in [0.1, 0.15) is 5.60 Å². The number of thiophene rings is 1. The van der Waals surface area contributed by atoms with E-state index in [2.05, 4.69) is 27.2 Å². The largest absolute Gasteiger partial charge is 0.368 e. The number of urea groups is 1. The molecule has 4 rings (SSSR count). The predicted octanol–water partition coefficient (Wildman–Crippen LogP) is 2.68. The molecule has 0 aliphatic carbocycles. The second-order valence-corrected chi connectivity index (χ2v) is 7.32. The van der Waals surface area contributed by atoms with Gasteiger partial charge in [-0.2, -0.15) is 5.10 Å². The lowest BCUT2D eigenvalue weighted by Crippen LogP contribution is -2.46. The van der Waals surface area contributed by atoms with Crippen LogP contribution in [0.3, 0.4) is 0 Å². The average molecular weight is 356 g/mol. The molecule has 0 fully saturated rings. The molecule has 1 aliphatic rings. The molecule has 1 aliphatic heterocycles. The van der Waals surface area contributed by atoms with Crippen LogP contribution in [0, 0.1) is 0 Å². The van der Waals surface area contributed by atoms with E-state index >= 15 is 0 Å². The summed E-state index contributed by atoms with van der Waals surface area (Å²) in [5.74, 6) is 0. The van der Waals surface area contributed by atoms with E-state index < -0.39 is 5.60 Å². The van der Waals surface area contributed by atoms with E-state index in [9.17, 15) is 4.79 Å². The van der Waals surface area contributed by atoms with E-state index in [1.807, 2.05) is 31.3 Å². The Labute approximate surface area is 149 Å². The Morgan fingerprint density at radius 2 is 2.32 bits per heavy atom. The molecular formula is C18H20N4O2S. The van der Waals surface area contributed by atoms with E-state index in [4.69, 9.17) is 4.74 Å². The monoisotopic (exact) mass is 356 g/mol. The Morgan fingerprint density at radius 1 is 1.40 bits per heavy atom. The van der Waals surface area contributed by atoms with Gasteiger partial charge in [-0.15, -0.1) is 11.3 Å². The summed E-state index contributed by atoms with van der Waals surface area (Å²) in [6, 6.07) is 7.75. The van der Waals surface area contributed by atoms with Crippen molar-refractivity contribution in [1.82, 2.24) is 20.2 Å². The maximum absolute atomic E-state index is 12.2. The SMILES string of the molecule is CC1(CNC(=O)NCc2cnn3ccccc23)OCCc2sccc21. The number of ether oxygens (including phenoxy) is 1. The maximum Gasteiger partial charge on any atom is 0.315 e.